The Labute approximate surface area is 293 Å². The van der Waals surface area contributed by atoms with E-state index in [2.05, 4.69) is 143 Å². The smallest absolute Gasteiger partial charge is 0.103 e. The monoisotopic (exact) mass is 670 g/mol. The third kappa shape index (κ3) is 3.51. The van der Waals surface area contributed by atoms with Crippen molar-refractivity contribution in [1.29, 1.82) is 10.5 Å². The average Bonchev–Trinajstić information content (AvgIpc) is 3.91. The molecule has 0 bridgehead atoms. The maximum Gasteiger partial charge on any atom is 0.103 e. The number of benzene rings is 7. The lowest BCUT2D eigenvalue weighted by atomic mass is 10.0. The van der Waals surface area contributed by atoms with E-state index < -0.39 is 0 Å². The van der Waals surface area contributed by atoms with E-state index in [1.54, 1.807) is 11.3 Å². The molecule has 0 fully saturated rings. The van der Waals surface area contributed by atoms with Crippen molar-refractivity contribution in [2.45, 2.75) is 0 Å². The number of rotatable bonds is 2. The van der Waals surface area contributed by atoms with Gasteiger partial charge in [-0.3, -0.25) is 0 Å². The highest BCUT2D eigenvalue weighted by atomic mass is 32.1. The molecule has 0 atom stereocenters. The van der Waals surface area contributed by atoms with Crippen molar-refractivity contribution in [3.63, 3.8) is 0 Å². The Morgan fingerprint density at radius 3 is 1.48 bits per heavy atom. The predicted molar refractivity (Wildman–Crippen MR) is 210 cm³/mol. The number of aromatic nitrogens is 2. The molecule has 0 N–H and O–H groups in total. The summed E-state index contributed by atoms with van der Waals surface area (Å²) in [7, 11) is 0. The first-order chi connectivity index (χ1) is 24.7. The SMILES string of the molecule is N#Cc1cc(-n2c3ccccc3c3c4c(ccc32)sc2ccccc24)cc(-n2c3ccccc3c3c4c(ccc32)sc2ccccc24)c1C#N. The minimum atomic E-state index is 0.348. The standard InChI is InChI=1S/C44H22N4S2/c45-23-25-21-26(47-32-13-5-1-9-27(32)41-34(47)17-19-39-43(41)29-11-3-7-15-37(29)49-39)22-36(31(25)24-46)48-33-14-6-2-10-28(33)42-35(48)18-20-40-44(42)30-12-4-8-16-38(30)50-40/h1-22H. The molecule has 0 unspecified atom stereocenters. The van der Waals surface area contributed by atoms with Gasteiger partial charge in [-0.15, -0.1) is 22.7 Å². The van der Waals surface area contributed by atoms with E-state index >= 15 is 0 Å². The van der Waals surface area contributed by atoms with Crippen LogP contribution in [0, 0.1) is 22.7 Å². The lowest BCUT2D eigenvalue weighted by Crippen LogP contribution is -2.04. The molecule has 0 aliphatic rings. The van der Waals surface area contributed by atoms with Crippen LogP contribution in [0.1, 0.15) is 11.1 Å². The number of nitrogens with zero attached hydrogens (tertiary/aromatic N) is 4. The normalized spacial score (nSPS) is 12.0. The zero-order valence-electron chi connectivity index (χ0n) is 26.3. The van der Waals surface area contributed by atoms with E-state index in [1.165, 1.54) is 45.7 Å². The van der Waals surface area contributed by atoms with Crippen molar-refractivity contribution in [2.24, 2.45) is 0 Å². The van der Waals surface area contributed by atoms with Crippen LogP contribution >= 0.6 is 22.7 Å². The second-order valence-corrected chi connectivity index (χ2v) is 14.8. The Morgan fingerprint density at radius 1 is 0.420 bits per heavy atom. The average molecular weight is 671 g/mol. The third-order valence-electron chi connectivity index (χ3n) is 10.2. The molecular formula is C44H22N4S2. The number of para-hydroxylation sites is 2. The van der Waals surface area contributed by atoms with Gasteiger partial charge in [0.15, 0.2) is 0 Å². The molecule has 7 aromatic carbocycles. The Hall–Kier alpha value is -6.44. The van der Waals surface area contributed by atoms with Gasteiger partial charge in [0, 0.05) is 67.6 Å². The van der Waals surface area contributed by atoms with Gasteiger partial charge >= 0.3 is 0 Å². The van der Waals surface area contributed by atoms with Crippen LogP contribution in [-0.4, -0.2) is 9.13 Å². The van der Waals surface area contributed by atoms with Crippen LogP contribution in [-0.2, 0) is 0 Å². The number of nitriles is 2. The molecule has 11 rings (SSSR count). The maximum absolute atomic E-state index is 10.7. The van der Waals surface area contributed by atoms with Gasteiger partial charge in [-0.1, -0.05) is 72.8 Å². The second-order valence-electron chi connectivity index (χ2n) is 12.7. The predicted octanol–water partition coefficient (Wildman–Crippen LogP) is 12.4. The van der Waals surface area contributed by atoms with Crippen molar-refractivity contribution in [2.75, 3.05) is 0 Å². The first-order valence-electron chi connectivity index (χ1n) is 16.4. The fourth-order valence-electron chi connectivity index (χ4n) is 8.21. The molecule has 230 valence electrons. The molecule has 0 aliphatic heterocycles. The van der Waals surface area contributed by atoms with Gasteiger partial charge in [-0.05, 0) is 60.7 Å². The summed E-state index contributed by atoms with van der Waals surface area (Å²) in [5, 5.41) is 30.9. The Kier molecular flexibility index (Phi) is 5.52. The van der Waals surface area contributed by atoms with Gasteiger partial charge in [0.25, 0.3) is 0 Å². The molecule has 0 saturated carbocycles. The van der Waals surface area contributed by atoms with Gasteiger partial charge in [0.2, 0.25) is 0 Å². The summed E-state index contributed by atoms with van der Waals surface area (Å²) >= 11 is 3.62. The molecule has 4 heterocycles. The molecule has 0 amide bonds. The van der Waals surface area contributed by atoms with Gasteiger partial charge < -0.3 is 9.13 Å². The molecule has 6 heteroatoms. The molecule has 0 saturated heterocycles. The highest BCUT2D eigenvalue weighted by molar-refractivity contribution is 7.26. The van der Waals surface area contributed by atoms with E-state index in [-0.39, 0.29) is 0 Å². The zero-order valence-corrected chi connectivity index (χ0v) is 27.9. The van der Waals surface area contributed by atoms with Crippen LogP contribution in [0.25, 0.3) is 95.3 Å². The van der Waals surface area contributed by atoms with Crippen LogP contribution in [0.2, 0.25) is 0 Å². The molecule has 50 heavy (non-hydrogen) atoms. The lowest BCUT2D eigenvalue weighted by Gasteiger charge is -2.15. The maximum atomic E-state index is 10.7. The van der Waals surface area contributed by atoms with Crippen LogP contribution in [0.3, 0.4) is 0 Å². The first-order valence-corrected chi connectivity index (χ1v) is 18.0. The highest BCUT2D eigenvalue weighted by Crippen LogP contribution is 2.46. The van der Waals surface area contributed by atoms with E-state index in [0.717, 1.165) is 43.9 Å². The molecule has 11 aromatic rings. The fourth-order valence-corrected chi connectivity index (χ4v) is 10.4. The summed E-state index contributed by atoms with van der Waals surface area (Å²) < 4.78 is 9.44. The minimum absolute atomic E-state index is 0.348. The quantitative estimate of drug-likeness (QED) is 0.184. The van der Waals surface area contributed by atoms with E-state index in [4.69, 9.17) is 0 Å². The number of hydrogen-bond acceptors (Lipinski definition) is 4. The third-order valence-corrected chi connectivity index (χ3v) is 12.5. The summed E-state index contributed by atoms with van der Waals surface area (Å²) in [5.74, 6) is 0. The van der Waals surface area contributed by atoms with Crippen LogP contribution < -0.4 is 0 Å². The number of thiophene rings is 2. The zero-order chi connectivity index (χ0) is 33.1. The number of hydrogen-bond donors (Lipinski definition) is 0. The van der Waals surface area contributed by atoms with E-state index in [0.29, 0.717) is 16.8 Å². The molecular weight excluding hydrogens is 649 g/mol. The molecule has 0 radical (unpaired) electrons. The van der Waals surface area contributed by atoms with Crippen LogP contribution in [0.15, 0.2) is 133 Å². The summed E-state index contributed by atoms with van der Waals surface area (Å²) in [4.78, 5) is 0. The first kappa shape index (κ1) is 27.5. The van der Waals surface area contributed by atoms with Crippen molar-refractivity contribution < 1.29 is 0 Å². The van der Waals surface area contributed by atoms with E-state index in [9.17, 15) is 10.5 Å². The molecule has 4 aromatic heterocycles. The summed E-state index contributed by atoms with van der Waals surface area (Å²) in [6, 6.07) is 51.7. The Morgan fingerprint density at radius 2 is 0.920 bits per heavy atom. The fraction of sp³-hybridized carbons (Fsp3) is 0. The highest BCUT2D eigenvalue weighted by Gasteiger charge is 2.23. The molecule has 0 aliphatic carbocycles. The van der Waals surface area contributed by atoms with Crippen molar-refractivity contribution in [1.82, 2.24) is 9.13 Å². The van der Waals surface area contributed by atoms with E-state index in [1.807, 2.05) is 23.5 Å². The Balaban J connectivity index is 1.29. The van der Waals surface area contributed by atoms with Gasteiger partial charge in [-0.25, -0.2) is 0 Å². The lowest BCUT2D eigenvalue weighted by molar-refractivity contribution is 1.12. The topological polar surface area (TPSA) is 57.4 Å². The molecule has 4 nitrogen and oxygen atoms in total. The molecule has 0 spiro atoms. The van der Waals surface area contributed by atoms with Crippen molar-refractivity contribution in [3.8, 4) is 23.5 Å². The van der Waals surface area contributed by atoms with Gasteiger partial charge in [0.05, 0.1) is 38.9 Å². The van der Waals surface area contributed by atoms with Crippen LogP contribution in [0.5, 0.6) is 0 Å². The minimum Gasteiger partial charge on any atom is -0.309 e. The van der Waals surface area contributed by atoms with Crippen molar-refractivity contribution in [3.05, 3.63) is 145 Å². The van der Waals surface area contributed by atoms with Gasteiger partial charge in [-0.2, -0.15) is 10.5 Å². The van der Waals surface area contributed by atoms with Crippen molar-refractivity contribution >= 4 is 107 Å². The van der Waals surface area contributed by atoms with Crippen LogP contribution in [0.4, 0.5) is 0 Å². The van der Waals surface area contributed by atoms with Gasteiger partial charge in [0.1, 0.15) is 12.1 Å². The summed E-state index contributed by atoms with van der Waals surface area (Å²) in [6.07, 6.45) is 0. The number of fused-ring (bicyclic) bond motifs is 14. The summed E-state index contributed by atoms with van der Waals surface area (Å²) in [5.41, 5.74) is 6.37. The largest absolute Gasteiger partial charge is 0.309 e. The second kappa shape index (κ2) is 10.0. The Bertz CT molecular complexity index is 3360. The summed E-state index contributed by atoms with van der Waals surface area (Å²) in [6.45, 7) is 0.